The van der Waals surface area contributed by atoms with Crippen molar-refractivity contribution in [1.82, 2.24) is 5.32 Å². The van der Waals surface area contributed by atoms with E-state index in [-0.39, 0.29) is 38.4 Å². The topological polar surface area (TPSA) is 152 Å². The molecule has 2 aromatic rings. The number of benzene rings is 2. The minimum Gasteiger partial charge on any atom is -0.756 e. The molecule has 0 aliphatic heterocycles. The Bertz CT molecular complexity index is 1680. The molecule has 382 valence electrons. The number of likely N-dealkylation sites (N-methyl/N-ethyl adjacent to an activating group) is 1. The van der Waals surface area contributed by atoms with Gasteiger partial charge in [0.15, 0.2) is 6.10 Å². The van der Waals surface area contributed by atoms with Gasteiger partial charge < -0.3 is 38.5 Å². The van der Waals surface area contributed by atoms with E-state index in [9.17, 15) is 23.8 Å². The highest BCUT2D eigenvalue weighted by Crippen LogP contribution is 2.38. The fourth-order valence-corrected chi connectivity index (χ4v) is 8.76. The summed E-state index contributed by atoms with van der Waals surface area (Å²) in [5, 5.41) is 7.32. The molecule has 2 N–H and O–H groups in total. The van der Waals surface area contributed by atoms with E-state index < -0.39 is 32.5 Å². The van der Waals surface area contributed by atoms with Gasteiger partial charge in [0.2, 0.25) is 5.91 Å². The zero-order valence-corrected chi connectivity index (χ0v) is 44.0. The molecule has 0 aliphatic rings. The lowest BCUT2D eigenvalue weighted by molar-refractivity contribution is -0.870. The fraction of sp³-hybridized carbons (Fsp3) is 0.712. The third kappa shape index (κ3) is 32.7. The van der Waals surface area contributed by atoms with Crippen molar-refractivity contribution in [3.8, 4) is 0 Å². The number of rotatable bonds is 42. The molecule has 0 spiro atoms. The quantitative estimate of drug-likeness (QED) is 0.0284. The first-order valence-corrected chi connectivity index (χ1v) is 27.7. The van der Waals surface area contributed by atoms with Gasteiger partial charge in [-0.3, -0.25) is 18.9 Å². The van der Waals surface area contributed by atoms with E-state index in [0.29, 0.717) is 46.1 Å². The molecule has 0 bridgehead atoms. The maximum atomic E-state index is 12.8. The van der Waals surface area contributed by atoms with Crippen LogP contribution in [0, 0.1) is 0 Å². The predicted molar refractivity (Wildman–Crippen MR) is 272 cm³/mol. The maximum Gasteiger partial charge on any atom is 0.306 e. The molecule has 0 saturated carbocycles. The van der Waals surface area contributed by atoms with Gasteiger partial charge in [-0.25, -0.2) is 0 Å². The van der Waals surface area contributed by atoms with Gasteiger partial charge in [0, 0.05) is 25.1 Å². The number of amides is 1. The summed E-state index contributed by atoms with van der Waals surface area (Å²) in [6.07, 6.45) is 26.8. The Labute approximate surface area is 414 Å². The Kier molecular flexibility index (Phi) is 33.5. The second-order valence-electron chi connectivity index (χ2n) is 18.9. The number of carbonyl (C=O) groups is 3. The number of para-hydroxylation sites is 2. The van der Waals surface area contributed by atoms with Crippen molar-refractivity contribution in [1.29, 1.82) is 0 Å². The van der Waals surface area contributed by atoms with Gasteiger partial charge in [0.05, 0.1) is 49.9 Å². The number of ether oxygens (including phenoxy) is 2. The van der Waals surface area contributed by atoms with Crippen LogP contribution < -0.4 is 15.5 Å². The predicted octanol–water partition coefficient (Wildman–Crippen LogP) is 13.2. The van der Waals surface area contributed by atoms with E-state index in [1.54, 1.807) is 18.2 Å². The van der Waals surface area contributed by atoms with Crippen LogP contribution in [0.1, 0.15) is 179 Å². The largest absolute Gasteiger partial charge is 0.756 e. The number of phosphoric ester groups is 1. The summed E-state index contributed by atoms with van der Waals surface area (Å²) in [5.41, 5.74) is 2.24. The average Bonchev–Trinajstić information content (AvgIpc) is 3.27. The van der Waals surface area contributed by atoms with Crippen molar-refractivity contribution in [2.24, 2.45) is 0 Å². The summed E-state index contributed by atoms with van der Waals surface area (Å²) >= 11 is 12.7. The lowest BCUT2D eigenvalue weighted by atomic mass is 10.0. The van der Waals surface area contributed by atoms with E-state index in [1.165, 1.54) is 77.0 Å². The Morgan fingerprint density at radius 2 is 1.13 bits per heavy atom. The molecular formula is C52H86Cl2N3O9P. The molecule has 0 heterocycles. The SMILES string of the molecule is CCCCCCCCCCCCCCCCCC(=O)OC[C@H](COP(=O)([O-])OCC[N+](C)(C)C)OC(=O)CCCCCCCCCCCNC(=O)Cc1ccccc1Nc1c(Cl)cccc1Cl. The molecule has 1 unspecified atom stereocenters. The van der Waals surface area contributed by atoms with E-state index >= 15 is 0 Å². The molecule has 1 amide bonds. The maximum absolute atomic E-state index is 12.8. The molecule has 0 fully saturated rings. The first-order valence-electron chi connectivity index (χ1n) is 25.5. The number of nitrogens with zero attached hydrogens (tertiary/aromatic N) is 1. The number of nitrogens with one attached hydrogen (secondary N) is 2. The minimum absolute atomic E-state index is 0.0409. The Hall–Kier alpha value is -2.70. The van der Waals surface area contributed by atoms with E-state index in [1.807, 2.05) is 45.4 Å². The molecule has 12 nitrogen and oxygen atoms in total. The van der Waals surface area contributed by atoms with Gasteiger partial charge in [-0.2, -0.15) is 0 Å². The Morgan fingerprint density at radius 1 is 0.642 bits per heavy atom. The summed E-state index contributed by atoms with van der Waals surface area (Å²) in [5.74, 6) is -0.940. The summed E-state index contributed by atoms with van der Waals surface area (Å²) in [6, 6.07) is 12.9. The molecule has 67 heavy (non-hydrogen) atoms. The van der Waals surface area contributed by atoms with Crippen LogP contribution in [-0.2, 0) is 43.9 Å². The lowest BCUT2D eigenvalue weighted by Gasteiger charge is -2.28. The normalized spacial score (nSPS) is 12.9. The number of hydrogen-bond acceptors (Lipinski definition) is 10. The third-order valence-corrected chi connectivity index (χ3v) is 13.2. The number of halogens is 2. The van der Waals surface area contributed by atoms with Crippen molar-refractivity contribution in [2.45, 2.75) is 186 Å². The van der Waals surface area contributed by atoms with Crippen LogP contribution in [0.5, 0.6) is 0 Å². The van der Waals surface area contributed by atoms with Crippen molar-refractivity contribution in [3.05, 3.63) is 58.1 Å². The Morgan fingerprint density at radius 3 is 1.67 bits per heavy atom. The zero-order valence-electron chi connectivity index (χ0n) is 41.6. The number of anilines is 2. The number of unbranched alkanes of at least 4 members (excludes halogenated alkanes) is 22. The number of carbonyl (C=O) groups excluding carboxylic acids is 3. The van der Waals surface area contributed by atoms with Gasteiger partial charge in [-0.05, 0) is 43.0 Å². The van der Waals surface area contributed by atoms with Crippen LogP contribution in [0.15, 0.2) is 42.5 Å². The standard InChI is InChI=1S/C52H86Cl2N3O9P/c1-5-6-7-8-9-10-11-12-13-14-15-17-20-23-26-36-50(59)63-42-45(43-65-67(61,62)64-40-39-57(2,3)4)66-51(60)37-27-24-21-18-16-19-22-25-30-38-55-49(58)41-44-32-28-29-35-48(44)56-52-46(53)33-31-34-47(52)54/h28-29,31-35,45,56H,5-27,30,36-43H2,1-4H3,(H-,55,58,61,62)/t45-/m1/s1. The van der Waals surface area contributed by atoms with Gasteiger partial charge in [0.25, 0.3) is 7.82 Å². The molecule has 2 rings (SSSR count). The van der Waals surface area contributed by atoms with Crippen molar-refractivity contribution in [3.63, 3.8) is 0 Å². The first-order chi connectivity index (χ1) is 32.2. The highest BCUT2D eigenvalue weighted by Gasteiger charge is 2.22. The van der Waals surface area contributed by atoms with Gasteiger partial charge in [0.1, 0.15) is 19.8 Å². The average molecular weight is 999 g/mol. The van der Waals surface area contributed by atoms with E-state index in [2.05, 4.69) is 17.6 Å². The van der Waals surface area contributed by atoms with Crippen LogP contribution in [0.3, 0.4) is 0 Å². The third-order valence-electron chi connectivity index (χ3n) is 11.6. The molecule has 0 aliphatic carbocycles. The van der Waals surface area contributed by atoms with E-state index in [0.717, 1.165) is 75.5 Å². The van der Waals surface area contributed by atoms with Crippen LogP contribution >= 0.6 is 31.0 Å². The molecule has 0 aromatic heterocycles. The fourth-order valence-electron chi connectivity index (χ4n) is 7.54. The number of esters is 2. The monoisotopic (exact) mass is 998 g/mol. The van der Waals surface area contributed by atoms with Gasteiger partial charge in [-0.15, -0.1) is 0 Å². The smallest absolute Gasteiger partial charge is 0.306 e. The second-order valence-corrected chi connectivity index (χ2v) is 21.1. The molecular weight excluding hydrogens is 912 g/mol. The van der Waals surface area contributed by atoms with Crippen LogP contribution in [0.2, 0.25) is 10.0 Å². The highest BCUT2D eigenvalue weighted by molar-refractivity contribution is 7.45. The van der Waals surface area contributed by atoms with Crippen LogP contribution in [0.4, 0.5) is 11.4 Å². The second kappa shape index (κ2) is 37.2. The molecule has 2 aromatic carbocycles. The lowest BCUT2D eigenvalue weighted by Crippen LogP contribution is -2.37. The Balaban J connectivity index is 1.59. The number of phosphoric acid groups is 1. The van der Waals surface area contributed by atoms with Crippen LogP contribution in [0.25, 0.3) is 0 Å². The molecule has 2 atom stereocenters. The zero-order chi connectivity index (χ0) is 49.0. The first kappa shape index (κ1) is 60.4. The summed E-state index contributed by atoms with van der Waals surface area (Å²) in [6.45, 7) is 2.49. The van der Waals surface area contributed by atoms with Crippen molar-refractivity contribution >= 4 is 60.2 Å². The summed E-state index contributed by atoms with van der Waals surface area (Å²) in [7, 11) is 1.09. The van der Waals surface area contributed by atoms with E-state index in [4.69, 9.17) is 41.7 Å². The number of quaternary nitrogens is 1. The van der Waals surface area contributed by atoms with Gasteiger partial charge >= 0.3 is 11.9 Å². The van der Waals surface area contributed by atoms with Crippen molar-refractivity contribution < 1.29 is 46.8 Å². The minimum atomic E-state index is -4.66. The number of hydrogen-bond donors (Lipinski definition) is 2. The van der Waals surface area contributed by atoms with Crippen LogP contribution in [-0.4, -0.2) is 82.5 Å². The summed E-state index contributed by atoms with van der Waals surface area (Å²) in [4.78, 5) is 50.5. The van der Waals surface area contributed by atoms with Gasteiger partial charge in [-0.1, -0.05) is 189 Å². The molecule has 15 heteroatoms. The molecule has 0 saturated heterocycles. The van der Waals surface area contributed by atoms with Crippen molar-refractivity contribution in [2.75, 3.05) is 59.4 Å². The molecule has 0 radical (unpaired) electrons. The summed E-state index contributed by atoms with van der Waals surface area (Å²) < 4.78 is 34.0. The highest BCUT2D eigenvalue weighted by atomic mass is 35.5.